The van der Waals surface area contributed by atoms with Crippen LogP contribution in [0.25, 0.3) is 0 Å². The fourth-order valence-corrected chi connectivity index (χ4v) is 5.50. The Labute approximate surface area is 130 Å². The van der Waals surface area contributed by atoms with Crippen molar-refractivity contribution in [1.82, 2.24) is 10.2 Å². The van der Waals surface area contributed by atoms with Crippen molar-refractivity contribution in [2.45, 2.75) is 37.6 Å². The first kappa shape index (κ1) is 13.3. The average Bonchev–Trinajstić information content (AvgIpc) is 3.05. The minimum atomic E-state index is 0.530. The van der Waals surface area contributed by atoms with Crippen LogP contribution in [0.1, 0.15) is 37.2 Å². The summed E-state index contributed by atoms with van der Waals surface area (Å²) in [6.07, 6.45) is 5.58. The minimum absolute atomic E-state index is 0.530. The Balaban J connectivity index is 1.73. The molecule has 3 aliphatic rings. The van der Waals surface area contributed by atoms with E-state index in [4.69, 9.17) is 0 Å². The van der Waals surface area contributed by atoms with Crippen molar-refractivity contribution < 1.29 is 0 Å². The molecule has 2 nitrogen and oxygen atoms in total. The molecule has 20 heavy (non-hydrogen) atoms. The SMILES string of the molecule is Brc1cccc(C2CNCCC23CCN2CCCC23)c1. The molecule has 3 unspecified atom stereocenters. The predicted octanol–water partition coefficient (Wildman–Crippen LogP) is 3.38. The van der Waals surface area contributed by atoms with E-state index < -0.39 is 0 Å². The van der Waals surface area contributed by atoms with Crippen LogP contribution >= 0.6 is 15.9 Å². The maximum atomic E-state index is 3.65. The van der Waals surface area contributed by atoms with E-state index in [0.717, 1.165) is 12.6 Å². The molecule has 108 valence electrons. The highest BCUT2D eigenvalue weighted by atomic mass is 79.9. The molecule has 3 saturated heterocycles. The standard InChI is InChI=1S/C17H23BrN2/c18-14-4-1-3-13(11-14)15-12-19-8-6-17(15)7-10-20-9-2-5-16(17)20/h1,3-4,11,15-16,19H,2,5-10,12H2. The van der Waals surface area contributed by atoms with Gasteiger partial charge in [-0.15, -0.1) is 0 Å². The normalized spacial score (nSPS) is 37.5. The van der Waals surface area contributed by atoms with Crippen molar-refractivity contribution in [3.05, 3.63) is 34.3 Å². The lowest BCUT2D eigenvalue weighted by Crippen LogP contribution is -2.49. The Morgan fingerprint density at radius 2 is 2.20 bits per heavy atom. The number of nitrogens with zero attached hydrogens (tertiary/aromatic N) is 1. The smallest absolute Gasteiger partial charge is 0.0178 e. The first-order valence-electron chi connectivity index (χ1n) is 8.00. The van der Waals surface area contributed by atoms with E-state index in [0.29, 0.717) is 11.3 Å². The Hall–Kier alpha value is -0.380. The summed E-state index contributed by atoms with van der Waals surface area (Å²) in [4.78, 5) is 2.77. The zero-order chi connectivity index (χ0) is 13.6. The van der Waals surface area contributed by atoms with Gasteiger partial charge in [-0.25, -0.2) is 0 Å². The van der Waals surface area contributed by atoms with E-state index in [1.807, 2.05) is 0 Å². The lowest BCUT2D eigenvalue weighted by molar-refractivity contribution is 0.112. The van der Waals surface area contributed by atoms with E-state index in [1.54, 1.807) is 0 Å². The predicted molar refractivity (Wildman–Crippen MR) is 86.0 cm³/mol. The second-order valence-electron chi connectivity index (χ2n) is 6.74. The summed E-state index contributed by atoms with van der Waals surface area (Å²) in [6.45, 7) is 5.02. The Morgan fingerprint density at radius 1 is 1.25 bits per heavy atom. The number of rotatable bonds is 1. The lowest BCUT2D eigenvalue weighted by Gasteiger charge is -2.46. The van der Waals surface area contributed by atoms with Gasteiger partial charge in [0.25, 0.3) is 0 Å². The largest absolute Gasteiger partial charge is 0.316 e. The zero-order valence-corrected chi connectivity index (χ0v) is 13.5. The average molecular weight is 335 g/mol. The van der Waals surface area contributed by atoms with Gasteiger partial charge in [0.2, 0.25) is 0 Å². The summed E-state index contributed by atoms with van der Waals surface area (Å²) in [6, 6.07) is 9.86. The molecule has 3 aliphatic heterocycles. The quantitative estimate of drug-likeness (QED) is 0.846. The molecule has 1 spiro atoms. The van der Waals surface area contributed by atoms with Crippen molar-refractivity contribution in [3.63, 3.8) is 0 Å². The highest BCUT2D eigenvalue weighted by Crippen LogP contribution is 2.54. The van der Waals surface area contributed by atoms with Crippen LogP contribution in [0.15, 0.2) is 28.7 Å². The monoisotopic (exact) mass is 334 g/mol. The molecule has 0 aliphatic carbocycles. The number of hydrogen-bond donors (Lipinski definition) is 1. The summed E-state index contributed by atoms with van der Waals surface area (Å²) >= 11 is 3.65. The number of hydrogen-bond acceptors (Lipinski definition) is 2. The molecule has 0 radical (unpaired) electrons. The molecule has 4 rings (SSSR count). The van der Waals surface area contributed by atoms with Gasteiger partial charge in [-0.1, -0.05) is 28.1 Å². The number of benzene rings is 1. The topological polar surface area (TPSA) is 15.3 Å². The third-order valence-corrected chi connectivity index (χ3v) is 6.45. The van der Waals surface area contributed by atoms with Crippen molar-refractivity contribution in [2.75, 3.05) is 26.2 Å². The molecule has 1 aromatic rings. The highest BCUT2D eigenvalue weighted by Gasteiger charge is 2.54. The molecule has 1 aromatic carbocycles. The van der Waals surface area contributed by atoms with Crippen molar-refractivity contribution in [1.29, 1.82) is 0 Å². The highest BCUT2D eigenvalue weighted by molar-refractivity contribution is 9.10. The van der Waals surface area contributed by atoms with Gasteiger partial charge in [-0.3, -0.25) is 4.90 Å². The first-order valence-corrected chi connectivity index (χ1v) is 8.79. The fraction of sp³-hybridized carbons (Fsp3) is 0.647. The third-order valence-electron chi connectivity index (χ3n) is 5.95. The van der Waals surface area contributed by atoms with Gasteiger partial charge in [0, 0.05) is 23.0 Å². The van der Waals surface area contributed by atoms with Crippen LogP contribution in [-0.4, -0.2) is 37.1 Å². The summed E-state index contributed by atoms with van der Waals surface area (Å²) in [5, 5.41) is 3.65. The second kappa shape index (κ2) is 5.11. The number of nitrogens with one attached hydrogen (secondary N) is 1. The van der Waals surface area contributed by atoms with Gasteiger partial charge in [0.1, 0.15) is 0 Å². The van der Waals surface area contributed by atoms with Crippen molar-refractivity contribution in [3.8, 4) is 0 Å². The summed E-state index contributed by atoms with van der Waals surface area (Å²) in [5.74, 6) is 0.682. The summed E-state index contributed by atoms with van der Waals surface area (Å²) in [5.41, 5.74) is 2.06. The Kier molecular flexibility index (Phi) is 3.40. The minimum Gasteiger partial charge on any atom is -0.316 e. The van der Waals surface area contributed by atoms with E-state index in [1.165, 1.54) is 55.4 Å². The maximum absolute atomic E-state index is 3.65. The van der Waals surface area contributed by atoms with Crippen LogP contribution in [0, 0.1) is 5.41 Å². The Morgan fingerprint density at radius 3 is 3.10 bits per heavy atom. The number of halogens is 1. The van der Waals surface area contributed by atoms with Crippen molar-refractivity contribution >= 4 is 15.9 Å². The van der Waals surface area contributed by atoms with Crippen LogP contribution in [0.5, 0.6) is 0 Å². The second-order valence-corrected chi connectivity index (χ2v) is 7.65. The lowest BCUT2D eigenvalue weighted by atomic mass is 9.63. The van der Waals surface area contributed by atoms with E-state index in [2.05, 4.69) is 50.4 Å². The molecule has 3 heterocycles. The Bertz CT molecular complexity index is 500. The molecule has 0 amide bonds. The molecule has 1 N–H and O–H groups in total. The van der Waals surface area contributed by atoms with E-state index in [-0.39, 0.29) is 0 Å². The van der Waals surface area contributed by atoms with Gasteiger partial charge in [-0.05, 0) is 68.4 Å². The fourth-order valence-electron chi connectivity index (χ4n) is 5.08. The van der Waals surface area contributed by atoms with E-state index >= 15 is 0 Å². The van der Waals surface area contributed by atoms with Gasteiger partial charge in [0.15, 0.2) is 0 Å². The van der Waals surface area contributed by atoms with Crippen LogP contribution in [0.2, 0.25) is 0 Å². The first-order chi connectivity index (χ1) is 9.79. The van der Waals surface area contributed by atoms with Gasteiger partial charge in [0.05, 0.1) is 0 Å². The van der Waals surface area contributed by atoms with Gasteiger partial charge >= 0.3 is 0 Å². The van der Waals surface area contributed by atoms with Crippen LogP contribution < -0.4 is 5.32 Å². The molecule has 0 aromatic heterocycles. The maximum Gasteiger partial charge on any atom is 0.0178 e. The van der Waals surface area contributed by atoms with Gasteiger partial charge < -0.3 is 5.32 Å². The van der Waals surface area contributed by atoms with Crippen LogP contribution in [-0.2, 0) is 0 Å². The molecule has 3 atom stereocenters. The van der Waals surface area contributed by atoms with Crippen LogP contribution in [0.3, 0.4) is 0 Å². The van der Waals surface area contributed by atoms with Crippen molar-refractivity contribution in [2.24, 2.45) is 5.41 Å². The molecular weight excluding hydrogens is 312 g/mol. The number of fused-ring (bicyclic) bond motifs is 2. The van der Waals surface area contributed by atoms with Crippen LogP contribution in [0.4, 0.5) is 0 Å². The third kappa shape index (κ3) is 1.98. The zero-order valence-electron chi connectivity index (χ0n) is 11.9. The number of piperidine rings is 1. The van der Waals surface area contributed by atoms with Gasteiger partial charge in [-0.2, -0.15) is 0 Å². The molecule has 0 saturated carbocycles. The summed E-state index contributed by atoms with van der Waals surface area (Å²) < 4.78 is 1.22. The molecule has 3 heteroatoms. The molecule has 3 fully saturated rings. The van der Waals surface area contributed by atoms with E-state index in [9.17, 15) is 0 Å². The molecular formula is C17H23BrN2. The summed E-state index contributed by atoms with van der Waals surface area (Å²) in [7, 11) is 0. The molecule has 0 bridgehead atoms.